The lowest BCUT2D eigenvalue weighted by atomic mass is 10.1. The molecule has 0 bridgehead atoms. The largest absolute Gasteiger partial charge is 0.322 e. The van der Waals surface area contributed by atoms with E-state index in [1.165, 1.54) is 0 Å². The van der Waals surface area contributed by atoms with Gasteiger partial charge in [0, 0.05) is 26.9 Å². The van der Waals surface area contributed by atoms with Gasteiger partial charge in [0.2, 0.25) is 0 Å². The minimum absolute atomic E-state index is 0.113. The Hall–Kier alpha value is -4.84. The first-order valence-electron chi connectivity index (χ1n) is 9.65. The van der Waals surface area contributed by atoms with Gasteiger partial charge in [-0.05, 0) is 10.4 Å². The van der Waals surface area contributed by atoms with Crippen molar-refractivity contribution >= 4 is 34.9 Å². The van der Waals surface area contributed by atoms with Gasteiger partial charge in [0.25, 0.3) is 0 Å². The van der Waals surface area contributed by atoms with Crippen molar-refractivity contribution < 1.29 is 0 Å². The minimum Gasteiger partial charge on any atom is -0.322 e. The van der Waals surface area contributed by atoms with E-state index in [0.29, 0.717) is 24.5 Å². The second-order valence-corrected chi connectivity index (χ2v) is 7.57. The van der Waals surface area contributed by atoms with Crippen LogP contribution in [0.1, 0.15) is 34.4 Å². The standard InChI is InChI=1S/C22H14N10S/c1-31-17(11-25)15(9-23)27-19(31)7-5-13-3-4-14(22-21(13)29-33-30-22)6-8-20-28-16(10-24)18(12-26)32(20)2/h3-6H,7-8H2,1-2H3/b13-5-,14-6-. The molecule has 4 rings (SSSR count). The van der Waals surface area contributed by atoms with Crippen molar-refractivity contribution in [3.8, 4) is 24.3 Å². The van der Waals surface area contributed by atoms with E-state index in [4.69, 9.17) is 10.5 Å². The van der Waals surface area contributed by atoms with Crippen LogP contribution in [0.4, 0.5) is 0 Å². The van der Waals surface area contributed by atoms with Gasteiger partial charge in [-0.25, -0.2) is 9.97 Å². The molecule has 0 aliphatic rings. The normalized spacial score (nSPS) is 11.8. The first-order chi connectivity index (χ1) is 16.0. The lowest BCUT2D eigenvalue weighted by Gasteiger charge is -1.99. The average Bonchev–Trinajstić information content (AvgIpc) is 3.52. The van der Waals surface area contributed by atoms with Gasteiger partial charge in [-0.1, -0.05) is 24.3 Å². The van der Waals surface area contributed by atoms with Gasteiger partial charge in [0.1, 0.15) is 47.0 Å². The van der Waals surface area contributed by atoms with E-state index in [9.17, 15) is 10.5 Å². The van der Waals surface area contributed by atoms with Crippen LogP contribution in [0.5, 0.6) is 0 Å². The number of aromatic nitrogens is 6. The van der Waals surface area contributed by atoms with E-state index in [0.717, 1.165) is 33.2 Å². The van der Waals surface area contributed by atoms with E-state index in [-0.39, 0.29) is 22.8 Å². The quantitative estimate of drug-likeness (QED) is 0.439. The average molecular weight is 450 g/mol. The molecule has 0 saturated heterocycles. The van der Waals surface area contributed by atoms with Crippen molar-refractivity contribution in [3.05, 3.63) is 57.0 Å². The molecule has 1 aromatic carbocycles. The van der Waals surface area contributed by atoms with E-state index in [1.807, 2.05) is 48.6 Å². The molecule has 3 heterocycles. The lowest BCUT2D eigenvalue weighted by molar-refractivity contribution is 0.826. The van der Waals surface area contributed by atoms with Gasteiger partial charge in [-0.3, -0.25) is 0 Å². The molecule has 0 N–H and O–H groups in total. The highest BCUT2D eigenvalue weighted by Crippen LogP contribution is 2.11. The number of nitrogens with zero attached hydrogens (tertiary/aromatic N) is 10. The zero-order chi connectivity index (χ0) is 23.5. The third-order valence-electron chi connectivity index (χ3n) is 5.29. The summed E-state index contributed by atoms with van der Waals surface area (Å²) in [5, 5.41) is 38.5. The molecule has 0 saturated carbocycles. The number of benzene rings is 1. The van der Waals surface area contributed by atoms with Crippen LogP contribution in [0, 0.1) is 45.3 Å². The molecule has 33 heavy (non-hydrogen) atoms. The maximum atomic E-state index is 9.24. The minimum atomic E-state index is 0.113. The van der Waals surface area contributed by atoms with Gasteiger partial charge in [0.05, 0.1) is 11.7 Å². The number of imidazole rings is 2. The van der Waals surface area contributed by atoms with Crippen molar-refractivity contribution in [2.24, 2.45) is 14.1 Å². The lowest BCUT2D eigenvalue weighted by Crippen LogP contribution is -2.13. The molecular formula is C22H14N10S. The third kappa shape index (κ3) is 3.70. The molecule has 0 radical (unpaired) electrons. The summed E-state index contributed by atoms with van der Waals surface area (Å²) in [6, 6.07) is 11.8. The van der Waals surface area contributed by atoms with Crippen LogP contribution < -0.4 is 10.4 Å². The zero-order valence-corrected chi connectivity index (χ0v) is 18.4. The second-order valence-electron chi connectivity index (χ2n) is 7.04. The van der Waals surface area contributed by atoms with Crippen molar-refractivity contribution in [3.63, 3.8) is 0 Å². The molecule has 0 unspecified atom stereocenters. The Kier molecular flexibility index (Phi) is 5.66. The van der Waals surface area contributed by atoms with Gasteiger partial charge in [0.15, 0.2) is 22.8 Å². The smallest absolute Gasteiger partial charge is 0.177 e. The summed E-state index contributed by atoms with van der Waals surface area (Å²) in [6.07, 6.45) is 4.72. The Balaban J connectivity index is 1.71. The van der Waals surface area contributed by atoms with Gasteiger partial charge in [-0.15, -0.1) is 0 Å². The maximum Gasteiger partial charge on any atom is 0.177 e. The molecule has 0 aliphatic heterocycles. The molecule has 10 nitrogen and oxygen atoms in total. The monoisotopic (exact) mass is 450 g/mol. The molecule has 4 aromatic rings. The predicted octanol–water partition coefficient (Wildman–Crippen LogP) is 0.691. The van der Waals surface area contributed by atoms with Crippen LogP contribution in [0.25, 0.3) is 23.2 Å². The summed E-state index contributed by atoms with van der Waals surface area (Å²) >= 11 is 1.10. The Morgan fingerprint density at radius 3 is 1.52 bits per heavy atom. The summed E-state index contributed by atoms with van der Waals surface area (Å²) in [7, 11) is 3.42. The van der Waals surface area contributed by atoms with Gasteiger partial charge < -0.3 is 9.13 Å². The third-order valence-corrected chi connectivity index (χ3v) is 5.81. The van der Waals surface area contributed by atoms with Crippen molar-refractivity contribution in [1.82, 2.24) is 27.8 Å². The highest BCUT2D eigenvalue weighted by atomic mass is 32.1. The molecule has 3 aromatic heterocycles. The van der Waals surface area contributed by atoms with E-state index < -0.39 is 0 Å². The van der Waals surface area contributed by atoms with E-state index >= 15 is 0 Å². The topological polar surface area (TPSA) is 157 Å². The van der Waals surface area contributed by atoms with Crippen LogP contribution >= 0.6 is 11.7 Å². The van der Waals surface area contributed by atoms with Crippen molar-refractivity contribution in [2.45, 2.75) is 12.8 Å². The van der Waals surface area contributed by atoms with Crippen molar-refractivity contribution in [1.29, 1.82) is 21.0 Å². The molecule has 11 heteroatoms. The molecule has 0 spiro atoms. The summed E-state index contributed by atoms with van der Waals surface area (Å²) < 4.78 is 12.1. The second kappa shape index (κ2) is 8.72. The summed E-state index contributed by atoms with van der Waals surface area (Å²) in [5.74, 6) is 1.21. The SMILES string of the molecule is Cn1c(C/C=c2/cc/c(=C/Cc3nc(C#N)c(C#N)n3C)c3nsnc23)nc(C#N)c1C#N. The Morgan fingerprint density at radius 1 is 0.758 bits per heavy atom. The fourth-order valence-corrected chi connectivity index (χ4v) is 4.09. The highest BCUT2D eigenvalue weighted by molar-refractivity contribution is 7.00. The number of rotatable bonds is 4. The van der Waals surface area contributed by atoms with E-state index in [1.54, 1.807) is 23.2 Å². The molecule has 158 valence electrons. The van der Waals surface area contributed by atoms with Crippen LogP contribution in [-0.4, -0.2) is 27.8 Å². The van der Waals surface area contributed by atoms with Crippen LogP contribution in [0.15, 0.2) is 12.1 Å². The highest BCUT2D eigenvalue weighted by Gasteiger charge is 2.14. The molecule has 0 aliphatic carbocycles. The first kappa shape index (κ1) is 21.4. The van der Waals surface area contributed by atoms with Crippen LogP contribution in [-0.2, 0) is 26.9 Å². The summed E-state index contributed by atoms with van der Waals surface area (Å²) in [5.41, 5.74) is 2.17. The molecule has 0 amide bonds. The fourth-order valence-electron chi connectivity index (χ4n) is 3.50. The Morgan fingerprint density at radius 2 is 1.18 bits per heavy atom. The van der Waals surface area contributed by atoms with Gasteiger partial charge in [-0.2, -0.15) is 29.8 Å². The summed E-state index contributed by atoms with van der Waals surface area (Å²) in [4.78, 5) is 8.49. The van der Waals surface area contributed by atoms with Crippen molar-refractivity contribution in [2.75, 3.05) is 0 Å². The van der Waals surface area contributed by atoms with Crippen LogP contribution in [0.3, 0.4) is 0 Å². The Labute approximate surface area is 192 Å². The molecular weight excluding hydrogens is 436 g/mol. The first-order valence-corrected chi connectivity index (χ1v) is 10.4. The summed E-state index contributed by atoms with van der Waals surface area (Å²) in [6.45, 7) is 0. The number of hydrogen-bond donors (Lipinski definition) is 0. The number of hydrogen-bond acceptors (Lipinski definition) is 9. The van der Waals surface area contributed by atoms with Crippen LogP contribution in [0.2, 0.25) is 0 Å². The molecule has 0 fully saturated rings. The maximum absolute atomic E-state index is 9.24. The van der Waals surface area contributed by atoms with E-state index in [2.05, 4.69) is 18.7 Å². The number of nitriles is 4. The zero-order valence-electron chi connectivity index (χ0n) is 17.6. The Bertz CT molecular complexity index is 1570. The number of fused-ring (bicyclic) bond motifs is 1. The fraction of sp³-hybridized carbons (Fsp3) is 0.182. The molecule has 0 atom stereocenters. The van der Waals surface area contributed by atoms with Gasteiger partial charge >= 0.3 is 0 Å². The predicted molar refractivity (Wildman–Crippen MR) is 118 cm³/mol.